The van der Waals surface area contributed by atoms with E-state index in [0.717, 1.165) is 16.5 Å². The predicted molar refractivity (Wildman–Crippen MR) is 111 cm³/mol. The zero-order chi connectivity index (χ0) is 21.0. The largest absolute Gasteiger partial charge is 0.493 e. The van der Waals surface area contributed by atoms with Gasteiger partial charge >= 0.3 is 6.03 Å². The Kier molecular flexibility index (Phi) is 6.13. The highest BCUT2D eigenvalue weighted by Crippen LogP contribution is 2.39. The maximum absolute atomic E-state index is 12.3. The number of urea groups is 1. The second kappa shape index (κ2) is 8.74. The van der Waals surface area contributed by atoms with Gasteiger partial charge in [0.25, 0.3) is 0 Å². The van der Waals surface area contributed by atoms with Gasteiger partial charge in [-0.2, -0.15) is 0 Å². The first kappa shape index (κ1) is 20.3. The van der Waals surface area contributed by atoms with Crippen LogP contribution in [-0.4, -0.2) is 43.6 Å². The van der Waals surface area contributed by atoms with Crippen LogP contribution in [0.3, 0.4) is 0 Å². The third-order valence-electron chi connectivity index (χ3n) is 4.67. The van der Waals surface area contributed by atoms with Crippen molar-refractivity contribution >= 4 is 22.6 Å². The van der Waals surface area contributed by atoms with Gasteiger partial charge in [0.2, 0.25) is 5.75 Å². The third kappa shape index (κ3) is 4.22. The smallest absolute Gasteiger partial charge is 0.319 e. The maximum atomic E-state index is 12.3. The minimum Gasteiger partial charge on any atom is -0.493 e. The van der Waals surface area contributed by atoms with Gasteiger partial charge in [0.1, 0.15) is 0 Å². The number of hydrogen-bond acceptors (Lipinski definition) is 5. The average molecular weight is 399 g/mol. The fourth-order valence-electron chi connectivity index (χ4n) is 3.27. The lowest BCUT2D eigenvalue weighted by molar-refractivity contribution is 0.176. The van der Waals surface area contributed by atoms with Crippen molar-refractivity contribution in [2.45, 2.75) is 6.10 Å². The molecule has 1 atom stereocenters. The molecule has 8 heteroatoms. The monoisotopic (exact) mass is 399 g/mol. The van der Waals surface area contributed by atoms with Crippen LogP contribution in [0.25, 0.3) is 10.9 Å². The molecule has 3 N–H and O–H groups in total. The van der Waals surface area contributed by atoms with E-state index >= 15 is 0 Å². The fraction of sp³-hybridized carbons (Fsp3) is 0.286. The molecule has 2 aromatic carbocycles. The van der Waals surface area contributed by atoms with Crippen molar-refractivity contribution in [1.82, 2.24) is 9.88 Å². The number of aryl methyl sites for hydroxylation is 1. The Labute approximate surface area is 169 Å². The van der Waals surface area contributed by atoms with Crippen molar-refractivity contribution < 1.29 is 24.1 Å². The van der Waals surface area contributed by atoms with E-state index in [-0.39, 0.29) is 6.54 Å². The summed E-state index contributed by atoms with van der Waals surface area (Å²) < 4.78 is 17.8. The lowest BCUT2D eigenvalue weighted by atomic mass is 10.1. The van der Waals surface area contributed by atoms with E-state index in [0.29, 0.717) is 22.9 Å². The number of aliphatic hydroxyl groups excluding tert-OH is 1. The molecule has 1 unspecified atom stereocenters. The maximum Gasteiger partial charge on any atom is 0.319 e. The number of para-hydroxylation sites is 1. The van der Waals surface area contributed by atoms with E-state index in [2.05, 4.69) is 10.6 Å². The fourth-order valence-corrected chi connectivity index (χ4v) is 3.27. The molecule has 154 valence electrons. The summed E-state index contributed by atoms with van der Waals surface area (Å²) in [5.74, 6) is 1.29. The van der Waals surface area contributed by atoms with Crippen LogP contribution in [0, 0.1) is 0 Å². The number of benzene rings is 2. The van der Waals surface area contributed by atoms with Crippen molar-refractivity contribution in [2.75, 3.05) is 33.2 Å². The van der Waals surface area contributed by atoms with Crippen molar-refractivity contribution in [3.63, 3.8) is 0 Å². The molecule has 2 amide bonds. The number of methoxy groups -OCH3 is 3. The standard InChI is InChI=1S/C21H25N3O5/c1-24-12-15(14-7-5-6-8-16(14)24)17(25)11-22-21(26)23-13-9-18(27-2)20(29-4)19(10-13)28-3/h5-10,12,17,25H,11H2,1-4H3,(H2,22,23,26). The van der Waals surface area contributed by atoms with Crippen LogP contribution in [0.4, 0.5) is 10.5 Å². The minimum absolute atomic E-state index is 0.0598. The number of hydrogen-bond donors (Lipinski definition) is 3. The summed E-state index contributed by atoms with van der Waals surface area (Å²) in [6.45, 7) is 0.0598. The molecular formula is C21H25N3O5. The molecule has 0 spiro atoms. The number of anilines is 1. The Morgan fingerprint density at radius 1 is 1.10 bits per heavy atom. The molecule has 0 aliphatic carbocycles. The van der Waals surface area contributed by atoms with E-state index in [4.69, 9.17) is 14.2 Å². The molecule has 3 rings (SSSR count). The van der Waals surface area contributed by atoms with Gasteiger partial charge in [-0.25, -0.2) is 4.79 Å². The highest BCUT2D eigenvalue weighted by Gasteiger charge is 2.17. The summed E-state index contributed by atoms with van der Waals surface area (Å²) >= 11 is 0. The van der Waals surface area contributed by atoms with E-state index < -0.39 is 12.1 Å². The van der Waals surface area contributed by atoms with Gasteiger partial charge in [0.15, 0.2) is 11.5 Å². The summed E-state index contributed by atoms with van der Waals surface area (Å²) in [5.41, 5.74) is 2.25. The number of carbonyl (C=O) groups is 1. The first-order valence-corrected chi connectivity index (χ1v) is 9.05. The van der Waals surface area contributed by atoms with Gasteiger partial charge in [0.05, 0.1) is 33.1 Å². The van der Waals surface area contributed by atoms with Crippen molar-refractivity contribution in [3.8, 4) is 17.2 Å². The molecule has 0 saturated carbocycles. The highest BCUT2D eigenvalue weighted by molar-refractivity contribution is 5.90. The zero-order valence-corrected chi connectivity index (χ0v) is 16.9. The quantitative estimate of drug-likeness (QED) is 0.568. The van der Waals surface area contributed by atoms with Crippen molar-refractivity contribution in [3.05, 3.63) is 48.2 Å². The zero-order valence-electron chi connectivity index (χ0n) is 16.9. The van der Waals surface area contributed by atoms with Crippen LogP contribution < -0.4 is 24.8 Å². The van der Waals surface area contributed by atoms with Gasteiger partial charge in [-0.05, 0) is 6.07 Å². The summed E-state index contributed by atoms with van der Waals surface area (Å²) in [7, 11) is 6.43. The van der Waals surface area contributed by atoms with E-state index in [1.165, 1.54) is 21.3 Å². The van der Waals surface area contributed by atoms with E-state index in [1.807, 2.05) is 42.1 Å². The van der Waals surface area contributed by atoms with E-state index in [1.54, 1.807) is 12.1 Å². The van der Waals surface area contributed by atoms with Gasteiger partial charge in [-0.3, -0.25) is 0 Å². The molecule has 0 saturated heterocycles. The second-order valence-electron chi connectivity index (χ2n) is 6.48. The normalized spacial score (nSPS) is 11.8. The number of fused-ring (bicyclic) bond motifs is 1. The number of aromatic nitrogens is 1. The Balaban J connectivity index is 1.68. The van der Waals surface area contributed by atoms with Crippen molar-refractivity contribution in [2.24, 2.45) is 7.05 Å². The van der Waals surface area contributed by atoms with Crippen molar-refractivity contribution in [1.29, 1.82) is 0 Å². The lowest BCUT2D eigenvalue weighted by Gasteiger charge is -2.15. The van der Waals surface area contributed by atoms with E-state index in [9.17, 15) is 9.90 Å². The lowest BCUT2D eigenvalue weighted by Crippen LogP contribution is -2.32. The molecule has 8 nitrogen and oxygen atoms in total. The number of aliphatic hydroxyl groups is 1. The van der Waals surface area contributed by atoms with Crippen LogP contribution in [-0.2, 0) is 7.05 Å². The number of amides is 2. The van der Waals surface area contributed by atoms with Crippen LogP contribution in [0.1, 0.15) is 11.7 Å². The minimum atomic E-state index is -0.841. The van der Waals surface area contributed by atoms with Gasteiger partial charge in [-0.1, -0.05) is 18.2 Å². The molecule has 1 aromatic heterocycles. The first-order chi connectivity index (χ1) is 14.0. The molecule has 0 aliphatic rings. The molecule has 0 radical (unpaired) electrons. The molecule has 29 heavy (non-hydrogen) atoms. The topological polar surface area (TPSA) is 94.0 Å². The number of nitrogens with zero attached hydrogens (tertiary/aromatic N) is 1. The summed E-state index contributed by atoms with van der Waals surface area (Å²) in [5, 5.41) is 16.9. The predicted octanol–water partition coefficient (Wildman–Crippen LogP) is 3.06. The Hall–Kier alpha value is -3.39. The molecule has 0 aliphatic heterocycles. The molecular weight excluding hydrogens is 374 g/mol. The molecule has 1 heterocycles. The molecule has 0 fully saturated rings. The molecule has 3 aromatic rings. The third-order valence-corrected chi connectivity index (χ3v) is 4.67. The summed E-state index contributed by atoms with van der Waals surface area (Å²) in [6.07, 6.45) is 1.03. The van der Waals surface area contributed by atoms with Crippen LogP contribution in [0.15, 0.2) is 42.6 Å². The average Bonchev–Trinajstić information content (AvgIpc) is 3.08. The first-order valence-electron chi connectivity index (χ1n) is 9.05. The van der Waals surface area contributed by atoms with Crippen LogP contribution in [0.2, 0.25) is 0 Å². The second-order valence-corrected chi connectivity index (χ2v) is 6.48. The highest BCUT2D eigenvalue weighted by atomic mass is 16.5. The van der Waals surface area contributed by atoms with Crippen LogP contribution >= 0.6 is 0 Å². The number of carbonyl (C=O) groups excluding carboxylic acids is 1. The summed E-state index contributed by atoms with van der Waals surface area (Å²) in [4.78, 5) is 12.3. The number of ether oxygens (including phenoxy) is 3. The van der Waals surface area contributed by atoms with Gasteiger partial charge < -0.3 is 34.5 Å². The van der Waals surface area contributed by atoms with Gasteiger partial charge in [0, 0.05) is 48.4 Å². The number of rotatable bonds is 7. The SMILES string of the molecule is COc1cc(NC(=O)NCC(O)c2cn(C)c3ccccc23)cc(OC)c1OC. The Morgan fingerprint density at radius 2 is 1.76 bits per heavy atom. The van der Waals surface area contributed by atoms with Gasteiger partial charge in [-0.15, -0.1) is 0 Å². The Morgan fingerprint density at radius 3 is 2.38 bits per heavy atom. The Bertz CT molecular complexity index is 990. The number of nitrogens with one attached hydrogen (secondary N) is 2. The van der Waals surface area contributed by atoms with Crippen LogP contribution in [0.5, 0.6) is 17.2 Å². The molecule has 0 bridgehead atoms. The summed E-state index contributed by atoms with van der Waals surface area (Å²) in [6, 6.07) is 10.6.